The zero-order chi connectivity index (χ0) is 18.9. The normalized spacial score (nSPS) is 13.4. The van der Waals surface area contributed by atoms with Crippen LogP contribution in [0.2, 0.25) is 0 Å². The summed E-state index contributed by atoms with van der Waals surface area (Å²) in [6, 6.07) is 3.94. The molecule has 0 bridgehead atoms. The molecular formula is C21H35NO3. The first kappa shape index (κ1) is 21.5. The maximum atomic E-state index is 12.8. The molecule has 1 N–H and O–H groups in total. The third-order valence-corrected chi connectivity index (χ3v) is 4.29. The summed E-state index contributed by atoms with van der Waals surface area (Å²) in [5, 5.41) is 3.03. The summed E-state index contributed by atoms with van der Waals surface area (Å²) >= 11 is 0. The fourth-order valence-corrected chi connectivity index (χ4v) is 2.89. The standard InChI is InChI=1S/C21H35NO3/c1-7-10-13-24-19-16(4)14-18(15-17(19)5)22-20(23)21(6,11-8-2)25-12-9-3/h14-15H,7-13H2,1-6H3,(H,22,23)/t21-/m0/s1. The van der Waals surface area contributed by atoms with E-state index < -0.39 is 5.60 Å². The Hall–Kier alpha value is -1.55. The Morgan fingerprint density at radius 3 is 2.20 bits per heavy atom. The van der Waals surface area contributed by atoms with Gasteiger partial charge in [0.2, 0.25) is 0 Å². The Bertz CT molecular complexity index is 533. The first-order chi connectivity index (χ1) is 11.9. The summed E-state index contributed by atoms with van der Waals surface area (Å²) in [5.74, 6) is 0.839. The van der Waals surface area contributed by atoms with Gasteiger partial charge in [-0.05, 0) is 63.3 Å². The van der Waals surface area contributed by atoms with E-state index >= 15 is 0 Å². The van der Waals surface area contributed by atoms with Crippen LogP contribution in [0.4, 0.5) is 5.69 Å². The number of nitrogens with one attached hydrogen (secondary N) is 1. The maximum absolute atomic E-state index is 12.8. The summed E-state index contributed by atoms with van der Waals surface area (Å²) in [6.45, 7) is 13.5. The Morgan fingerprint density at radius 2 is 1.68 bits per heavy atom. The first-order valence-corrected chi connectivity index (χ1v) is 9.57. The zero-order valence-electron chi connectivity index (χ0n) is 16.8. The maximum Gasteiger partial charge on any atom is 0.256 e. The van der Waals surface area contributed by atoms with E-state index in [4.69, 9.17) is 9.47 Å². The number of aryl methyl sites for hydroxylation is 2. The third kappa shape index (κ3) is 6.35. The second-order valence-electron chi connectivity index (χ2n) is 6.92. The summed E-state index contributed by atoms with van der Waals surface area (Å²) in [5.41, 5.74) is 2.09. The van der Waals surface area contributed by atoms with Crippen LogP contribution in [0.3, 0.4) is 0 Å². The Morgan fingerprint density at radius 1 is 1.04 bits per heavy atom. The van der Waals surface area contributed by atoms with Crippen molar-refractivity contribution in [2.75, 3.05) is 18.5 Å². The molecule has 0 spiro atoms. The minimum absolute atomic E-state index is 0.0822. The molecule has 4 heteroatoms. The molecule has 0 aromatic heterocycles. The molecule has 142 valence electrons. The highest BCUT2D eigenvalue weighted by Crippen LogP contribution is 2.29. The molecule has 0 saturated carbocycles. The summed E-state index contributed by atoms with van der Waals surface area (Å²) in [6.07, 6.45) is 4.65. The lowest BCUT2D eigenvalue weighted by Gasteiger charge is -2.28. The average molecular weight is 350 g/mol. The molecule has 0 aliphatic carbocycles. The average Bonchev–Trinajstić information content (AvgIpc) is 2.55. The van der Waals surface area contributed by atoms with Gasteiger partial charge in [0.25, 0.3) is 5.91 Å². The fraction of sp³-hybridized carbons (Fsp3) is 0.667. The van der Waals surface area contributed by atoms with Crippen LogP contribution in [0.5, 0.6) is 5.75 Å². The number of carbonyl (C=O) groups is 1. The number of hydrogen-bond acceptors (Lipinski definition) is 3. The van der Waals surface area contributed by atoms with Crippen LogP contribution in [0.1, 0.15) is 70.9 Å². The monoisotopic (exact) mass is 349 g/mol. The van der Waals surface area contributed by atoms with Crippen LogP contribution in [-0.2, 0) is 9.53 Å². The van der Waals surface area contributed by atoms with Crippen molar-refractivity contribution in [2.45, 2.75) is 79.2 Å². The van der Waals surface area contributed by atoms with Crippen molar-refractivity contribution >= 4 is 11.6 Å². The van der Waals surface area contributed by atoms with E-state index in [1.54, 1.807) is 0 Å². The molecule has 1 amide bonds. The molecule has 0 unspecified atom stereocenters. The predicted molar refractivity (Wildman–Crippen MR) is 105 cm³/mol. The van der Waals surface area contributed by atoms with E-state index in [0.29, 0.717) is 13.0 Å². The van der Waals surface area contributed by atoms with Crippen molar-refractivity contribution in [3.8, 4) is 5.75 Å². The molecule has 0 fully saturated rings. The van der Waals surface area contributed by atoms with Crippen molar-refractivity contribution in [1.29, 1.82) is 0 Å². The molecule has 1 aromatic rings. The largest absolute Gasteiger partial charge is 0.493 e. The van der Waals surface area contributed by atoms with Crippen molar-refractivity contribution in [2.24, 2.45) is 0 Å². The number of unbranched alkanes of at least 4 members (excludes halogenated alkanes) is 1. The first-order valence-electron chi connectivity index (χ1n) is 9.57. The number of anilines is 1. The van der Waals surface area contributed by atoms with Gasteiger partial charge in [-0.15, -0.1) is 0 Å². The zero-order valence-corrected chi connectivity index (χ0v) is 16.8. The Labute approximate surface area is 153 Å². The lowest BCUT2D eigenvalue weighted by Crippen LogP contribution is -2.43. The molecule has 0 aliphatic heterocycles. The Balaban J connectivity index is 2.88. The van der Waals surface area contributed by atoms with Crippen molar-refractivity contribution in [1.82, 2.24) is 0 Å². The van der Waals surface area contributed by atoms with E-state index in [1.807, 2.05) is 39.8 Å². The second kappa shape index (κ2) is 10.4. The van der Waals surface area contributed by atoms with Gasteiger partial charge in [0.15, 0.2) is 0 Å². The minimum atomic E-state index is -0.789. The lowest BCUT2D eigenvalue weighted by molar-refractivity contribution is -0.140. The van der Waals surface area contributed by atoms with E-state index in [-0.39, 0.29) is 5.91 Å². The molecule has 1 atom stereocenters. The number of amides is 1. The van der Waals surface area contributed by atoms with Gasteiger partial charge in [0, 0.05) is 12.3 Å². The van der Waals surface area contributed by atoms with Gasteiger partial charge in [-0.2, -0.15) is 0 Å². The van der Waals surface area contributed by atoms with E-state index in [1.165, 1.54) is 0 Å². The minimum Gasteiger partial charge on any atom is -0.493 e. The topological polar surface area (TPSA) is 47.6 Å². The van der Waals surface area contributed by atoms with E-state index in [0.717, 1.165) is 54.9 Å². The lowest BCUT2D eigenvalue weighted by atomic mass is 9.98. The number of benzene rings is 1. The summed E-state index contributed by atoms with van der Waals surface area (Å²) in [7, 11) is 0. The van der Waals surface area contributed by atoms with Gasteiger partial charge in [0.05, 0.1) is 6.61 Å². The van der Waals surface area contributed by atoms with Gasteiger partial charge in [-0.3, -0.25) is 4.79 Å². The molecule has 0 heterocycles. The van der Waals surface area contributed by atoms with Crippen LogP contribution >= 0.6 is 0 Å². The highest BCUT2D eigenvalue weighted by molar-refractivity contribution is 5.97. The van der Waals surface area contributed by atoms with Crippen LogP contribution in [0, 0.1) is 13.8 Å². The van der Waals surface area contributed by atoms with Crippen molar-refractivity contribution in [3.05, 3.63) is 23.3 Å². The second-order valence-corrected chi connectivity index (χ2v) is 6.92. The summed E-state index contributed by atoms with van der Waals surface area (Å²) < 4.78 is 11.8. The number of rotatable bonds is 11. The molecule has 0 radical (unpaired) electrons. The van der Waals surface area contributed by atoms with E-state index in [2.05, 4.69) is 19.2 Å². The highest BCUT2D eigenvalue weighted by Gasteiger charge is 2.33. The van der Waals surface area contributed by atoms with Gasteiger partial charge in [-0.25, -0.2) is 0 Å². The molecular weight excluding hydrogens is 314 g/mol. The van der Waals surface area contributed by atoms with Crippen LogP contribution in [0.15, 0.2) is 12.1 Å². The molecule has 0 saturated heterocycles. The quantitative estimate of drug-likeness (QED) is 0.544. The van der Waals surface area contributed by atoms with Crippen LogP contribution in [-0.4, -0.2) is 24.7 Å². The number of hydrogen-bond donors (Lipinski definition) is 1. The summed E-state index contributed by atoms with van der Waals surface area (Å²) in [4.78, 5) is 12.8. The smallest absolute Gasteiger partial charge is 0.256 e. The van der Waals surface area contributed by atoms with Crippen LogP contribution in [0.25, 0.3) is 0 Å². The van der Waals surface area contributed by atoms with Crippen molar-refractivity contribution < 1.29 is 14.3 Å². The molecule has 25 heavy (non-hydrogen) atoms. The fourth-order valence-electron chi connectivity index (χ4n) is 2.89. The van der Waals surface area contributed by atoms with E-state index in [9.17, 15) is 4.79 Å². The molecule has 4 nitrogen and oxygen atoms in total. The van der Waals surface area contributed by atoms with Gasteiger partial charge < -0.3 is 14.8 Å². The third-order valence-electron chi connectivity index (χ3n) is 4.29. The van der Waals surface area contributed by atoms with Gasteiger partial charge in [-0.1, -0.05) is 33.6 Å². The van der Waals surface area contributed by atoms with Crippen LogP contribution < -0.4 is 10.1 Å². The highest BCUT2D eigenvalue weighted by atomic mass is 16.5. The van der Waals surface area contributed by atoms with Gasteiger partial charge in [0.1, 0.15) is 11.4 Å². The number of ether oxygens (including phenoxy) is 2. The number of carbonyl (C=O) groups excluding carboxylic acids is 1. The molecule has 1 aromatic carbocycles. The van der Waals surface area contributed by atoms with Crippen molar-refractivity contribution in [3.63, 3.8) is 0 Å². The SMILES string of the molecule is CCCCOc1c(C)cc(NC(=O)[C@](C)(CCC)OCCC)cc1C. The Kier molecular flexibility index (Phi) is 8.98. The predicted octanol–water partition coefficient (Wildman–Crippen LogP) is 5.41. The molecule has 1 rings (SSSR count). The van der Waals surface area contributed by atoms with Gasteiger partial charge >= 0.3 is 0 Å². The molecule has 0 aliphatic rings.